The summed E-state index contributed by atoms with van der Waals surface area (Å²) >= 11 is 3.32. The minimum Gasteiger partial charge on any atom is -0.304 e. The lowest BCUT2D eigenvalue weighted by atomic mass is 10.2. The van der Waals surface area contributed by atoms with Crippen LogP contribution in [0, 0.1) is 11.6 Å². The molecule has 1 amide bonds. The summed E-state index contributed by atoms with van der Waals surface area (Å²) in [4.78, 5) is 12.5. The van der Waals surface area contributed by atoms with Gasteiger partial charge in [0, 0.05) is 29.7 Å². The average Bonchev–Trinajstić information content (AvgIpc) is 3.34. The highest BCUT2D eigenvalue weighted by atomic mass is 79.9. The second-order valence-electron chi connectivity index (χ2n) is 6.19. The van der Waals surface area contributed by atoms with Crippen LogP contribution in [-0.4, -0.2) is 25.5 Å². The molecule has 1 N–H and O–H groups in total. The van der Waals surface area contributed by atoms with Gasteiger partial charge in [-0.25, -0.2) is 13.5 Å². The summed E-state index contributed by atoms with van der Waals surface area (Å²) in [6.07, 6.45) is 4.77. The third-order valence-electron chi connectivity index (χ3n) is 4.20. The van der Waals surface area contributed by atoms with E-state index >= 15 is 0 Å². The van der Waals surface area contributed by atoms with E-state index in [1.54, 1.807) is 36.7 Å². The van der Waals surface area contributed by atoms with Crippen molar-refractivity contribution >= 4 is 27.7 Å². The standard InChI is InChI=1S/C20H14BrF2N5O/c21-15-12-27(11-14-4-1-2-5-16(14)22)26-19(15)25-20(29)13-6-7-18(17(23)10-13)28-9-3-8-24-28/h1-10,12H,11H2,(H,25,26,29). The van der Waals surface area contributed by atoms with Crippen LogP contribution in [0.25, 0.3) is 5.69 Å². The third-order valence-corrected chi connectivity index (χ3v) is 4.78. The van der Waals surface area contributed by atoms with Crippen LogP contribution >= 0.6 is 15.9 Å². The molecule has 2 aromatic carbocycles. The molecule has 0 radical (unpaired) electrons. The van der Waals surface area contributed by atoms with Gasteiger partial charge in [0.1, 0.15) is 17.3 Å². The molecule has 0 saturated carbocycles. The van der Waals surface area contributed by atoms with Gasteiger partial charge in [-0.3, -0.25) is 9.48 Å². The van der Waals surface area contributed by atoms with Crippen LogP contribution in [0.3, 0.4) is 0 Å². The Kier molecular flexibility index (Phi) is 5.22. The van der Waals surface area contributed by atoms with Crippen molar-refractivity contribution in [2.24, 2.45) is 0 Å². The molecule has 0 aliphatic heterocycles. The maximum atomic E-state index is 14.4. The number of benzene rings is 2. The highest BCUT2D eigenvalue weighted by Crippen LogP contribution is 2.22. The number of carbonyl (C=O) groups excluding carboxylic acids is 1. The normalized spacial score (nSPS) is 10.9. The van der Waals surface area contributed by atoms with Crippen molar-refractivity contribution in [3.05, 3.63) is 94.4 Å². The number of anilines is 1. The van der Waals surface area contributed by atoms with Crippen molar-refractivity contribution in [3.63, 3.8) is 0 Å². The van der Waals surface area contributed by atoms with Crippen LogP contribution in [0.4, 0.5) is 14.6 Å². The third kappa shape index (κ3) is 4.09. The number of rotatable bonds is 5. The van der Waals surface area contributed by atoms with Gasteiger partial charge >= 0.3 is 0 Å². The zero-order chi connectivity index (χ0) is 20.4. The van der Waals surface area contributed by atoms with Gasteiger partial charge in [0.15, 0.2) is 5.82 Å². The number of hydrogen-bond donors (Lipinski definition) is 1. The van der Waals surface area contributed by atoms with E-state index in [1.807, 2.05) is 0 Å². The summed E-state index contributed by atoms with van der Waals surface area (Å²) in [5.74, 6) is -1.18. The van der Waals surface area contributed by atoms with E-state index < -0.39 is 11.7 Å². The molecule has 29 heavy (non-hydrogen) atoms. The van der Waals surface area contributed by atoms with E-state index in [9.17, 15) is 13.6 Å². The lowest BCUT2D eigenvalue weighted by molar-refractivity contribution is 0.102. The van der Waals surface area contributed by atoms with Crippen LogP contribution in [0.15, 0.2) is 71.6 Å². The number of nitrogens with one attached hydrogen (secondary N) is 1. The maximum absolute atomic E-state index is 14.4. The lowest BCUT2D eigenvalue weighted by Crippen LogP contribution is -2.14. The first kappa shape index (κ1) is 19.0. The van der Waals surface area contributed by atoms with Gasteiger partial charge in [0.2, 0.25) is 0 Å². The van der Waals surface area contributed by atoms with Gasteiger partial charge in [-0.05, 0) is 46.3 Å². The minimum atomic E-state index is -0.578. The van der Waals surface area contributed by atoms with E-state index in [0.717, 1.165) is 6.07 Å². The molecule has 146 valence electrons. The fraction of sp³-hybridized carbons (Fsp3) is 0.0500. The molecule has 9 heteroatoms. The van der Waals surface area contributed by atoms with Crippen molar-refractivity contribution in [3.8, 4) is 5.69 Å². The second-order valence-corrected chi connectivity index (χ2v) is 7.04. The quantitative estimate of drug-likeness (QED) is 0.482. The first-order valence-corrected chi connectivity index (χ1v) is 9.38. The molecule has 4 aromatic rings. The topological polar surface area (TPSA) is 64.7 Å². The smallest absolute Gasteiger partial charge is 0.256 e. The Morgan fingerprint density at radius 1 is 1.10 bits per heavy atom. The van der Waals surface area contributed by atoms with Gasteiger partial charge in [-0.15, -0.1) is 0 Å². The Bertz CT molecular complexity index is 1170. The van der Waals surface area contributed by atoms with Gasteiger partial charge in [-0.1, -0.05) is 18.2 Å². The number of carbonyl (C=O) groups is 1. The summed E-state index contributed by atoms with van der Waals surface area (Å²) in [7, 11) is 0. The monoisotopic (exact) mass is 457 g/mol. The molecule has 0 spiro atoms. The summed E-state index contributed by atoms with van der Waals surface area (Å²) in [5.41, 5.74) is 0.840. The summed E-state index contributed by atoms with van der Waals surface area (Å²) < 4.78 is 31.6. The Morgan fingerprint density at radius 2 is 1.93 bits per heavy atom. The first-order chi connectivity index (χ1) is 14.0. The van der Waals surface area contributed by atoms with Crippen molar-refractivity contribution < 1.29 is 13.6 Å². The molecule has 2 heterocycles. The number of halogens is 3. The number of hydrogen-bond acceptors (Lipinski definition) is 3. The predicted molar refractivity (Wildman–Crippen MR) is 107 cm³/mol. The fourth-order valence-corrected chi connectivity index (χ4v) is 3.20. The summed E-state index contributed by atoms with van der Waals surface area (Å²) in [6, 6.07) is 12.2. The maximum Gasteiger partial charge on any atom is 0.256 e. The van der Waals surface area contributed by atoms with Crippen LogP contribution in [0.2, 0.25) is 0 Å². The van der Waals surface area contributed by atoms with Crippen LogP contribution in [0.1, 0.15) is 15.9 Å². The Balaban J connectivity index is 1.51. The first-order valence-electron chi connectivity index (χ1n) is 8.58. The molecule has 0 atom stereocenters. The van der Waals surface area contributed by atoms with Gasteiger partial charge in [0.05, 0.1) is 11.0 Å². The highest BCUT2D eigenvalue weighted by Gasteiger charge is 2.15. The Morgan fingerprint density at radius 3 is 2.66 bits per heavy atom. The SMILES string of the molecule is O=C(Nc1nn(Cc2ccccc2F)cc1Br)c1ccc(-n2cccn2)c(F)c1. The molecule has 0 unspecified atom stereocenters. The lowest BCUT2D eigenvalue weighted by Gasteiger charge is -2.07. The van der Waals surface area contributed by atoms with E-state index in [-0.39, 0.29) is 29.4 Å². The molecule has 2 aromatic heterocycles. The molecule has 0 aliphatic rings. The predicted octanol–water partition coefficient (Wildman–Crippen LogP) is 4.41. The van der Waals surface area contributed by atoms with E-state index in [4.69, 9.17) is 0 Å². The Labute approximate surface area is 172 Å². The number of aromatic nitrogens is 4. The molecular weight excluding hydrogens is 444 g/mol. The molecule has 6 nitrogen and oxygen atoms in total. The molecule has 4 rings (SSSR count). The second kappa shape index (κ2) is 7.96. The summed E-state index contributed by atoms with van der Waals surface area (Å²) in [5, 5.41) is 10.9. The molecule has 0 saturated heterocycles. The van der Waals surface area contributed by atoms with Gasteiger partial charge in [-0.2, -0.15) is 10.2 Å². The van der Waals surface area contributed by atoms with Crippen LogP contribution in [-0.2, 0) is 6.54 Å². The average molecular weight is 458 g/mol. The van der Waals surface area contributed by atoms with Gasteiger partial charge in [0.25, 0.3) is 5.91 Å². The zero-order valence-corrected chi connectivity index (χ0v) is 16.5. The zero-order valence-electron chi connectivity index (χ0n) is 14.9. The van der Waals surface area contributed by atoms with Gasteiger partial charge < -0.3 is 5.32 Å². The van der Waals surface area contributed by atoms with Crippen molar-refractivity contribution in [1.29, 1.82) is 0 Å². The highest BCUT2D eigenvalue weighted by molar-refractivity contribution is 9.10. The summed E-state index contributed by atoms with van der Waals surface area (Å²) in [6.45, 7) is 0.203. The molecule has 0 bridgehead atoms. The molecular formula is C20H14BrF2N5O. The van der Waals surface area contributed by atoms with Crippen molar-refractivity contribution in [2.75, 3.05) is 5.32 Å². The largest absolute Gasteiger partial charge is 0.304 e. The van der Waals surface area contributed by atoms with E-state index in [2.05, 4.69) is 31.4 Å². The van der Waals surface area contributed by atoms with Crippen LogP contribution < -0.4 is 5.32 Å². The van der Waals surface area contributed by atoms with E-state index in [0.29, 0.717) is 10.0 Å². The molecule has 0 aliphatic carbocycles. The number of nitrogens with zero attached hydrogens (tertiary/aromatic N) is 4. The Hall–Kier alpha value is -3.33. The fourth-order valence-electron chi connectivity index (χ4n) is 2.79. The van der Waals surface area contributed by atoms with Crippen molar-refractivity contribution in [2.45, 2.75) is 6.54 Å². The minimum absolute atomic E-state index is 0.133. The molecule has 0 fully saturated rings. The van der Waals surface area contributed by atoms with Crippen molar-refractivity contribution in [1.82, 2.24) is 19.6 Å². The van der Waals surface area contributed by atoms with Crippen LogP contribution in [0.5, 0.6) is 0 Å². The van der Waals surface area contributed by atoms with E-state index in [1.165, 1.54) is 33.8 Å². The number of amides is 1.